The smallest absolute Gasteiger partial charge is 0.217 e. The van der Waals surface area contributed by atoms with Gasteiger partial charge >= 0.3 is 0 Å². The highest BCUT2D eigenvalue weighted by molar-refractivity contribution is 5.75. The van der Waals surface area contributed by atoms with Crippen LogP contribution in [0.4, 0.5) is 0 Å². The third-order valence-electron chi connectivity index (χ3n) is 27.1. The summed E-state index contributed by atoms with van der Waals surface area (Å²) in [5.41, 5.74) is 0. The average Bonchev–Trinajstić information content (AvgIpc) is 0.761. The highest BCUT2D eigenvalue weighted by Gasteiger charge is 2.64. The summed E-state index contributed by atoms with van der Waals surface area (Å²) in [7, 11) is 0. The molecule has 12 fully saturated rings. The second kappa shape index (κ2) is 53.4. The normalized spacial score (nSPS) is 49.3. The summed E-state index contributed by atoms with van der Waals surface area (Å²) in [5, 5.41) is 382. The van der Waals surface area contributed by atoms with Gasteiger partial charge in [0, 0.05) is 34.6 Å². The lowest BCUT2D eigenvalue weighted by Gasteiger charge is -2.51. The lowest BCUT2D eigenvalue weighted by molar-refractivity contribution is -0.392. The molecular weight excluding hydrogens is 2030 g/mol. The van der Waals surface area contributed by atoms with Crippen LogP contribution in [0.1, 0.15) is 34.6 Å². The molecule has 0 aliphatic carbocycles. The topological polar surface area (TPSA) is 1030 Å². The first-order chi connectivity index (χ1) is 70.1. The Balaban J connectivity index is 0.864. The molecule has 0 radical (unpaired) electrons. The Morgan fingerprint density at radius 3 is 0.581 bits per heavy atom. The first-order valence-electron chi connectivity index (χ1n) is 47.2. The van der Waals surface area contributed by atoms with Gasteiger partial charge in [-0.15, -0.1) is 0 Å². The molecule has 0 spiro atoms. The van der Waals surface area contributed by atoms with Crippen LogP contribution >= 0.6 is 0 Å². The van der Waals surface area contributed by atoms with Crippen molar-refractivity contribution in [3.8, 4) is 0 Å². The molecule has 1 unspecified atom stereocenters. The fourth-order valence-corrected chi connectivity index (χ4v) is 19.3. The fraction of sp³-hybridized carbons (Fsp3) is 0.939. The zero-order valence-corrected chi connectivity index (χ0v) is 79.3. The van der Waals surface area contributed by atoms with Gasteiger partial charge in [0.2, 0.25) is 29.5 Å². The molecule has 66 heteroatoms. The Morgan fingerprint density at radius 1 is 0.176 bits per heavy atom. The first kappa shape index (κ1) is 122. The summed E-state index contributed by atoms with van der Waals surface area (Å²) in [6.07, 6.45) is -118. The second-order valence-electron chi connectivity index (χ2n) is 37.4. The van der Waals surface area contributed by atoms with E-state index in [1.807, 2.05) is 0 Å². The van der Waals surface area contributed by atoms with Crippen LogP contribution in [0, 0.1) is 0 Å². The predicted molar refractivity (Wildman–Crippen MR) is 453 cm³/mol. The van der Waals surface area contributed by atoms with E-state index in [9.17, 15) is 192 Å². The monoisotopic (exact) mass is 2170 g/mol. The van der Waals surface area contributed by atoms with Gasteiger partial charge in [0.25, 0.3) is 0 Å². The van der Waals surface area contributed by atoms with Gasteiger partial charge < -0.3 is 304 Å². The Labute approximate surface area is 837 Å². The van der Waals surface area contributed by atoms with Crippen LogP contribution in [-0.4, -0.2) is 645 Å². The third kappa shape index (κ3) is 26.9. The van der Waals surface area contributed by atoms with Crippen molar-refractivity contribution in [2.24, 2.45) is 0 Å². The van der Waals surface area contributed by atoms with Gasteiger partial charge in [-0.2, -0.15) is 0 Å². The lowest BCUT2D eigenvalue weighted by Crippen LogP contribution is -2.71. The quantitative estimate of drug-likeness (QED) is 0.0272. The van der Waals surface area contributed by atoms with Gasteiger partial charge in [0.15, 0.2) is 75.5 Å². The molecule has 0 aromatic heterocycles. The zero-order valence-electron chi connectivity index (χ0n) is 79.3. The van der Waals surface area contributed by atoms with Crippen LogP contribution < -0.4 is 26.6 Å². The molecule has 5 amide bonds. The van der Waals surface area contributed by atoms with Crippen molar-refractivity contribution in [2.45, 2.75) is 403 Å². The molecule has 0 bridgehead atoms. The molecule has 12 aliphatic heterocycles. The number of carbonyl (C=O) groups is 5. The van der Waals surface area contributed by atoms with E-state index in [1.165, 1.54) is 0 Å². The van der Waals surface area contributed by atoms with Crippen LogP contribution in [0.5, 0.6) is 0 Å². The standard InChI is InChI=1S/C82H137N5O61/c1-18(98)83-35-46(109)62(140-77-56(119)51(114)40(103)23(6-88)129-77)28(11-93)133-72(35)126-16-33-44(107)69(147-75-37(85-20(3)100)48(111)64(30(13-95)135-75)142-79-58(121)53(116)42(105)25(8-90)131-79)60(123)82(139-33)144-66-32(15-97)137-76(39(50(66)113)87-22(5)102)148-70-45(108)34(17-127-73-36(84-19(2)99)47(110)63(29(12-94)134-73)141-78-57(120)52(115)41(104)24(7-89)130-78)138-81(61(70)124)143-65-31(14-96)136-74(38(49(65)112)86-21(4)101)146-68-43(106)26(9-91)132-80(59(68)122)145-67-27(10-92)128-71(125)55(118)54(67)117/h23-82,88-97,103-125H,6-17H2,1-5H3,(H,83,98)(H,84,99)(H,85,100)(H,86,101)(H,87,102)/t23-,24-,25-,26-,27-,28-,29-,30-,31-,32-,33-,34-,35-,36-,37-,38-,39-,40+,41+,42+,43+,44+,45+,46-,47-,48-,49-,50-,51+,52+,53+,54-,55-,56-,57-,58-,59-,60-,61-,62-,63-,64-,65-,66-,67-,68+,69+,70+,71?,72-,73-,74+,75+,76+,77+,78+,79+,80+,81+,82+/m1/s1. The van der Waals surface area contributed by atoms with Gasteiger partial charge in [0.1, 0.15) is 293 Å². The van der Waals surface area contributed by atoms with Crippen LogP contribution in [0.3, 0.4) is 0 Å². The summed E-state index contributed by atoms with van der Waals surface area (Å²) in [5.74, 6) is -5.09. The maximum Gasteiger partial charge on any atom is 0.217 e. The number of aliphatic hydroxyl groups is 33. The van der Waals surface area contributed by atoms with Crippen molar-refractivity contribution < 1.29 is 301 Å². The van der Waals surface area contributed by atoms with E-state index < -0.39 is 477 Å². The molecule has 12 aliphatic rings. The van der Waals surface area contributed by atoms with Crippen molar-refractivity contribution in [1.29, 1.82) is 0 Å². The number of amides is 5. The summed E-state index contributed by atoms with van der Waals surface area (Å²) >= 11 is 0. The minimum atomic E-state index is -2.66. The van der Waals surface area contributed by atoms with E-state index in [4.69, 9.17) is 109 Å². The van der Waals surface area contributed by atoms with E-state index in [0.717, 1.165) is 34.6 Å². The van der Waals surface area contributed by atoms with Crippen molar-refractivity contribution >= 4 is 29.5 Å². The number of hydrogen-bond acceptors (Lipinski definition) is 61. The minimum Gasteiger partial charge on any atom is -0.394 e. The van der Waals surface area contributed by atoms with Gasteiger partial charge in [-0.05, 0) is 0 Å². The summed E-state index contributed by atoms with van der Waals surface area (Å²) in [6, 6.07) is -10.2. The number of nitrogens with one attached hydrogen (secondary N) is 5. The van der Waals surface area contributed by atoms with Crippen LogP contribution in [0.25, 0.3) is 0 Å². The molecule has 0 saturated carbocycles. The molecule has 12 heterocycles. The third-order valence-corrected chi connectivity index (χ3v) is 27.1. The zero-order chi connectivity index (χ0) is 109. The predicted octanol–water partition coefficient (Wildman–Crippen LogP) is -26.4. The SMILES string of the molecule is CC(=O)N[C@H]1[C@H](OC[C@H]2O[C@@H](O[C@H]3[C@H](O)[C@@H](NC(C)=O)[C@H](O[C@H]4[C@@H](O)[C@@H](CO[C@@H]5O[C@H](CO)[C@@H](O[C@@H]6O[C@H](CO)[C@H](O)[C@H](O)[C@H]6O)[C@H](O)[C@H]5NC(C)=O)O[C@@H](O[C@H]5[C@H](O)[C@@H](NC(C)=O)[C@H](O[C@H]6[C@@H](O)[C@@H](CO)O[C@@H](O[C@H]7[C@H](O)[C@@H](O)C(O)O[C@@H]7CO)[C@@H]6O)O[C@@H]5CO)[C@@H]4O)O[C@@H]3CO)[C@H](O)[C@@H](O[C@@H]3O[C@H](CO)[C@@H](O[C@@H]4O[C@H](CO)[C@H](O)[C@H](O)[C@H]4O)[C@H](O)[C@H]3NC(C)=O)[C@H]2O)O[C@H](CO)[C@@H](O[C@@H]2O[C@H](CO)[C@H](O)[C@H](O)[C@H]2O)[C@@H]1O. The Bertz CT molecular complexity index is 4130. The number of hydrogen-bond donors (Lipinski definition) is 38. The van der Waals surface area contributed by atoms with Crippen molar-refractivity contribution in [1.82, 2.24) is 26.6 Å². The highest BCUT2D eigenvalue weighted by atomic mass is 16.8. The second-order valence-corrected chi connectivity index (χ2v) is 37.4. The lowest BCUT2D eigenvalue weighted by atomic mass is 9.93. The maximum atomic E-state index is 13.7. The Kier molecular flexibility index (Phi) is 43.9. The number of rotatable bonds is 39. The number of carbonyl (C=O) groups excluding carboxylic acids is 5. The van der Waals surface area contributed by atoms with Gasteiger partial charge in [0.05, 0.1) is 79.3 Å². The molecule has 856 valence electrons. The molecule has 38 N–H and O–H groups in total. The van der Waals surface area contributed by atoms with E-state index >= 15 is 0 Å². The van der Waals surface area contributed by atoms with Crippen molar-refractivity contribution in [3.63, 3.8) is 0 Å². The van der Waals surface area contributed by atoms with Crippen LogP contribution in [0.2, 0.25) is 0 Å². The summed E-state index contributed by atoms with van der Waals surface area (Å²) in [4.78, 5) is 66.2. The van der Waals surface area contributed by atoms with E-state index in [1.54, 1.807) is 0 Å². The van der Waals surface area contributed by atoms with E-state index in [2.05, 4.69) is 26.6 Å². The Morgan fingerprint density at radius 2 is 0.351 bits per heavy atom. The van der Waals surface area contributed by atoms with Crippen molar-refractivity contribution in [2.75, 3.05) is 79.3 Å². The maximum absolute atomic E-state index is 13.7. The number of ether oxygens (including phenoxy) is 23. The summed E-state index contributed by atoms with van der Waals surface area (Å²) < 4.78 is 137. The molecule has 148 heavy (non-hydrogen) atoms. The molecule has 12 rings (SSSR count). The highest BCUT2D eigenvalue weighted by Crippen LogP contribution is 2.43. The largest absolute Gasteiger partial charge is 0.394 e. The molecule has 0 aromatic carbocycles. The molecule has 66 nitrogen and oxygen atoms in total. The molecule has 60 atom stereocenters. The van der Waals surface area contributed by atoms with Gasteiger partial charge in [-0.1, -0.05) is 0 Å². The van der Waals surface area contributed by atoms with Gasteiger partial charge in [-0.25, -0.2) is 0 Å². The van der Waals surface area contributed by atoms with Crippen molar-refractivity contribution in [3.05, 3.63) is 0 Å². The fourth-order valence-electron chi connectivity index (χ4n) is 19.3. The van der Waals surface area contributed by atoms with Crippen LogP contribution in [-0.2, 0) is 133 Å². The Hall–Kier alpha value is -4.89. The summed E-state index contributed by atoms with van der Waals surface area (Å²) in [6.45, 7) is -9.25. The average molecular weight is 2170 g/mol. The van der Waals surface area contributed by atoms with E-state index in [0.29, 0.717) is 0 Å². The molecule has 0 aromatic rings. The van der Waals surface area contributed by atoms with E-state index in [-0.39, 0.29) is 0 Å². The first-order valence-corrected chi connectivity index (χ1v) is 47.2. The molecular formula is C82H137N5O61. The molecule has 12 saturated heterocycles. The minimum absolute atomic E-state index is 0.835. The van der Waals surface area contributed by atoms with Crippen LogP contribution in [0.15, 0.2) is 0 Å². The van der Waals surface area contributed by atoms with Gasteiger partial charge in [-0.3, -0.25) is 24.0 Å². The number of aliphatic hydroxyl groups excluding tert-OH is 33.